The van der Waals surface area contributed by atoms with E-state index in [1.54, 1.807) is 18.2 Å². The van der Waals surface area contributed by atoms with Crippen LogP contribution in [0, 0.1) is 12.7 Å². The summed E-state index contributed by atoms with van der Waals surface area (Å²) in [6.45, 7) is 1.50. The first kappa shape index (κ1) is 17.5. The average Bonchev–Trinajstić information content (AvgIpc) is 2.56. The lowest BCUT2D eigenvalue weighted by Gasteiger charge is -2.17. The molecule has 6 heteroatoms. The first-order valence-corrected chi connectivity index (χ1v) is 7.43. The van der Waals surface area contributed by atoms with Crippen LogP contribution in [0.2, 0.25) is 0 Å². The molecule has 5 nitrogen and oxygen atoms in total. The van der Waals surface area contributed by atoms with Gasteiger partial charge in [-0.15, -0.1) is 0 Å². The summed E-state index contributed by atoms with van der Waals surface area (Å²) < 4.78 is 18.5. The minimum Gasteiger partial charge on any atom is -0.481 e. The number of amides is 2. The van der Waals surface area contributed by atoms with Gasteiger partial charge in [-0.3, -0.25) is 9.59 Å². The number of ether oxygens (including phenoxy) is 1. The molecule has 0 aromatic heterocycles. The van der Waals surface area contributed by atoms with Gasteiger partial charge in [0, 0.05) is 12.7 Å². The van der Waals surface area contributed by atoms with E-state index in [1.165, 1.54) is 30.1 Å². The lowest BCUT2D eigenvalue weighted by Crippen LogP contribution is -2.37. The fourth-order valence-electron chi connectivity index (χ4n) is 1.95. The summed E-state index contributed by atoms with van der Waals surface area (Å²) in [5.41, 5.74) is 1.75. The molecule has 0 bridgehead atoms. The van der Waals surface area contributed by atoms with Crippen molar-refractivity contribution in [3.63, 3.8) is 0 Å². The Balaban J connectivity index is 1.81. The van der Waals surface area contributed by atoms with Gasteiger partial charge in [0.2, 0.25) is 5.91 Å². The highest BCUT2D eigenvalue weighted by molar-refractivity contribution is 5.94. The molecule has 2 aromatic rings. The van der Waals surface area contributed by atoms with E-state index in [0.29, 0.717) is 5.69 Å². The van der Waals surface area contributed by atoms with Crippen molar-refractivity contribution >= 4 is 17.5 Å². The summed E-state index contributed by atoms with van der Waals surface area (Å²) in [6.07, 6.45) is 0. The van der Waals surface area contributed by atoms with Gasteiger partial charge in [0.25, 0.3) is 5.91 Å². The van der Waals surface area contributed by atoms with Crippen molar-refractivity contribution in [2.75, 3.05) is 25.5 Å². The molecular weight excluding hydrogens is 311 g/mol. The minimum absolute atomic E-state index is 0.00311. The molecule has 0 spiro atoms. The van der Waals surface area contributed by atoms with Crippen molar-refractivity contribution in [2.45, 2.75) is 6.92 Å². The predicted octanol–water partition coefficient (Wildman–Crippen LogP) is 2.61. The van der Waals surface area contributed by atoms with Gasteiger partial charge in [-0.1, -0.05) is 29.8 Å². The summed E-state index contributed by atoms with van der Waals surface area (Å²) in [4.78, 5) is 25.1. The first-order valence-electron chi connectivity index (χ1n) is 7.43. The number of likely N-dealkylation sites (N-methyl/N-ethyl adjacent to an activating group) is 1. The second kappa shape index (κ2) is 8.10. The molecule has 0 saturated carbocycles. The van der Waals surface area contributed by atoms with Gasteiger partial charge < -0.3 is 15.0 Å². The summed E-state index contributed by atoms with van der Waals surface area (Å²) >= 11 is 0. The van der Waals surface area contributed by atoms with Crippen LogP contribution in [0.3, 0.4) is 0 Å². The number of para-hydroxylation sites is 1. The fourth-order valence-corrected chi connectivity index (χ4v) is 1.95. The molecule has 0 heterocycles. The lowest BCUT2D eigenvalue weighted by atomic mass is 10.2. The van der Waals surface area contributed by atoms with Crippen LogP contribution in [0.4, 0.5) is 10.1 Å². The van der Waals surface area contributed by atoms with Gasteiger partial charge in [-0.2, -0.15) is 0 Å². The van der Waals surface area contributed by atoms with Gasteiger partial charge in [-0.25, -0.2) is 4.39 Å². The van der Waals surface area contributed by atoms with Gasteiger partial charge in [-0.05, 0) is 31.2 Å². The van der Waals surface area contributed by atoms with Crippen molar-refractivity contribution in [3.8, 4) is 5.75 Å². The summed E-state index contributed by atoms with van der Waals surface area (Å²) in [7, 11) is 1.49. The van der Waals surface area contributed by atoms with E-state index in [0.717, 1.165) is 5.56 Å². The third kappa shape index (κ3) is 5.08. The van der Waals surface area contributed by atoms with Crippen molar-refractivity contribution in [3.05, 3.63) is 59.9 Å². The third-order valence-corrected chi connectivity index (χ3v) is 3.33. The van der Waals surface area contributed by atoms with Crippen LogP contribution in [0.15, 0.2) is 48.5 Å². The number of nitrogens with one attached hydrogen (secondary N) is 1. The monoisotopic (exact) mass is 330 g/mol. The smallest absolute Gasteiger partial charge is 0.260 e. The topological polar surface area (TPSA) is 58.6 Å². The molecule has 2 aromatic carbocycles. The van der Waals surface area contributed by atoms with E-state index in [4.69, 9.17) is 4.74 Å². The molecular formula is C18H19FN2O3. The maximum absolute atomic E-state index is 13.4. The Morgan fingerprint density at radius 3 is 2.46 bits per heavy atom. The summed E-state index contributed by atoms with van der Waals surface area (Å²) in [5, 5.41) is 2.70. The fraction of sp³-hybridized carbons (Fsp3) is 0.222. The highest BCUT2D eigenvalue weighted by atomic mass is 19.1. The molecule has 0 radical (unpaired) electrons. The number of aryl methyl sites for hydroxylation is 1. The molecule has 2 rings (SSSR count). The Kier molecular flexibility index (Phi) is 5.89. The standard InChI is InChI=1S/C18H19FN2O3/c1-13-7-9-14(10-8-13)20-17(22)11-21(2)18(23)12-24-16-6-4-3-5-15(16)19/h3-10H,11-12H2,1-2H3,(H,20,22). The van der Waals surface area contributed by atoms with Gasteiger partial charge >= 0.3 is 0 Å². The maximum Gasteiger partial charge on any atom is 0.260 e. The molecule has 0 aliphatic heterocycles. The van der Waals surface area contributed by atoms with Crippen LogP contribution < -0.4 is 10.1 Å². The van der Waals surface area contributed by atoms with Crippen molar-refractivity contribution in [1.82, 2.24) is 4.90 Å². The Morgan fingerprint density at radius 2 is 1.79 bits per heavy atom. The highest BCUT2D eigenvalue weighted by Crippen LogP contribution is 2.15. The molecule has 24 heavy (non-hydrogen) atoms. The predicted molar refractivity (Wildman–Crippen MR) is 89.3 cm³/mol. The van der Waals surface area contributed by atoms with Gasteiger partial charge in [0.05, 0.1) is 6.54 Å². The molecule has 126 valence electrons. The quantitative estimate of drug-likeness (QED) is 0.886. The average molecular weight is 330 g/mol. The number of rotatable bonds is 6. The Labute approximate surface area is 140 Å². The van der Waals surface area contributed by atoms with Crippen LogP contribution in [-0.2, 0) is 9.59 Å². The largest absolute Gasteiger partial charge is 0.481 e. The van der Waals surface area contributed by atoms with Crippen molar-refractivity contribution in [2.24, 2.45) is 0 Å². The van der Waals surface area contributed by atoms with E-state index in [-0.39, 0.29) is 24.8 Å². The number of nitrogens with zero attached hydrogens (tertiary/aromatic N) is 1. The zero-order valence-corrected chi connectivity index (χ0v) is 13.6. The Hall–Kier alpha value is -2.89. The molecule has 0 atom stereocenters. The van der Waals surface area contributed by atoms with Gasteiger partial charge in [0.1, 0.15) is 0 Å². The van der Waals surface area contributed by atoms with Gasteiger partial charge in [0.15, 0.2) is 18.2 Å². The van der Waals surface area contributed by atoms with Crippen LogP contribution in [0.1, 0.15) is 5.56 Å². The van der Waals surface area contributed by atoms with E-state index < -0.39 is 11.7 Å². The van der Waals surface area contributed by atoms with Crippen molar-refractivity contribution < 1.29 is 18.7 Å². The van der Waals surface area contributed by atoms with Crippen molar-refractivity contribution in [1.29, 1.82) is 0 Å². The van der Waals surface area contributed by atoms with Crippen LogP contribution in [0.25, 0.3) is 0 Å². The highest BCUT2D eigenvalue weighted by Gasteiger charge is 2.14. The maximum atomic E-state index is 13.4. The number of hydrogen-bond donors (Lipinski definition) is 1. The van der Waals surface area contributed by atoms with E-state index in [1.807, 2.05) is 19.1 Å². The normalized spacial score (nSPS) is 10.1. The summed E-state index contributed by atoms with van der Waals surface area (Å²) in [5.74, 6) is -1.27. The minimum atomic E-state index is -0.537. The van der Waals surface area contributed by atoms with Crippen LogP contribution >= 0.6 is 0 Å². The number of carbonyl (C=O) groups is 2. The number of hydrogen-bond acceptors (Lipinski definition) is 3. The Bertz CT molecular complexity index is 716. The van der Waals surface area contributed by atoms with E-state index in [9.17, 15) is 14.0 Å². The summed E-state index contributed by atoms with van der Waals surface area (Å²) in [6, 6.07) is 13.2. The van der Waals surface area contributed by atoms with E-state index in [2.05, 4.69) is 5.32 Å². The zero-order valence-electron chi connectivity index (χ0n) is 13.6. The molecule has 0 saturated heterocycles. The lowest BCUT2D eigenvalue weighted by molar-refractivity contribution is -0.135. The molecule has 0 aliphatic carbocycles. The molecule has 0 aliphatic rings. The number of carbonyl (C=O) groups excluding carboxylic acids is 2. The van der Waals surface area contributed by atoms with Crippen LogP contribution in [0.5, 0.6) is 5.75 Å². The molecule has 0 fully saturated rings. The molecule has 2 amide bonds. The SMILES string of the molecule is Cc1ccc(NC(=O)CN(C)C(=O)COc2ccccc2F)cc1. The number of benzene rings is 2. The number of anilines is 1. The molecule has 1 N–H and O–H groups in total. The number of halogens is 1. The second-order valence-corrected chi connectivity index (χ2v) is 5.38. The molecule has 0 unspecified atom stereocenters. The second-order valence-electron chi connectivity index (χ2n) is 5.38. The zero-order chi connectivity index (χ0) is 17.5. The van der Waals surface area contributed by atoms with Crippen LogP contribution in [-0.4, -0.2) is 36.9 Å². The first-order chi connectivity index (χ1) is 11.5. The third-order valence-electron chi connectivity index (χ3n) is 3.33. The Morgan fingerprint density at radius 1 is 1.12 bits per heavy atom. The van der Waals surface area contributed by atoms with E-state index >= 15 is 0 Å².